The van der Waals surface area contributed by atoms with Gasteiger partial charge in [0.2, 0.25) is 0 Å². The van der Waals surface area contributed by atoms with E-state index in [0.717, 1.165) is 5.75 Å². The molecule has 0 aliphatic carbocycles. The molecular formula is C17H16O4. The van der Waals surface area contributed by atoms with E-state index in [9.17, 15) is 9.59 Å². The first-order valence-corrected chi connectivity index (χ1v) is 6.72. The SMILES string of the molecule is O=Cc1cccc(OC(=O)CCCOc2ccccc2)c1. The Kier molecular flexibility index (Phi) is 5.52. The fourth-order valence-electron chi connectivity index (χ4n) is 1.76. The minimum absolute atomic E-state index is 0.262. The molecule has 0 amide bonds. The second-order valence-corrected chi connectivity index (χ2v) is 4.43. The molecule has 0 heterocycles. The number of aldehydes is 1. The molecule has 0 unspecified atom stereocenters. The molecule has 0 saturated heterocycles. The predicted molar refractivity (Wildman–Crippen MR) is 78.6 cm³/mol. The molecule has 0 aliphatic rings. The third kappa shape index (κ3) is 5.10. The third-order valence-corrected chi connectivity index (χ3v) is 2.76. The Bertz CT molecular complexity index is 593. The van der Waals surface area contributed by atoms with Crippen molar-refractivity contribution in [1.29, 1.82) is 0 Å². The van der Waals surface area contributed by atoms with E-state index < -0.39 is 0 Å². The first-order chi connectivity index (χ1) is 10.3. The van der Waals surface area contributed by atoms with Crippen molar-refractivity contribution in [3.05, 3.63) is 60.2 Å². The second kappa shape index (κ2) is 7.85. The maximum atomic E-state index is 11.7. The van der Waals surface area contributed by atoms with Crippen LogP contribution < -0.4 is 9.47 Å². The summed E-state index contributed by atoms with van der Waals surface area (Å²) in [5.74, 6) is 0.827. The van der Waals surface area contributed by atoms with Crippen LogP contribution in [-0.4, -0.2) is 18.9 Å². The van der Waals surface area contributed by atoms with Gasteiger partial charge in [0.25, 0.3) is 0 Å². The number of esters is 1. The highest BCUT2D eigenvalue weighted by Gasteiger charge is 2.05. The molecule has 0 radical (unpaired) electrons. The molecule has 0 atom stereocenters. The molecule has 0 aromatic heterocycles. The van der Waals surface area contributed by atoms with Gasteiger partial charge in [0.05, 0.1) is 6.61 Å². The minimum atomic E-state index is -0.338. The fraction of sp³-hybridized carbons (Fsp3) is 0.176. The summed E-state index contributed by atoms with van der Waals surface area (Å²) < 4.78 is 10.6. The summed E-state index contributed by atoms with van der Waals surface area (Å²) in [6.45, 7) is 0.452. The van der Waals surface area contributed by atoms with Gasteiger partial charge in [-0.25, -0.2) is 0 Å². The fourth-order valence-corrected chi connectivity index (χ4v) is 1.76. The van der Waals surface area contributed by atoms with Gasteiger partial charge in [0.1, 0.15) is 17.8 Å². The molecular weight excluding hydrogens is 268 g/mol. The molecule has 0 N–H and O–H groups in total. The lowest BCUT2D eigenvalue weighted by Crippen LogP contribution is -2.10. The smallest absolute Gasteiger partial charge is 0.311 e. The number of carbonyl (C=O) groups is 2. The highest BCUT2D eigenvalue weighted by Crippen LogP contribution is 2.13. The van der Waals surface area contributed by atoms with Gasteiger partial charge in [0, 0.05) is 12.0 Å². The molecule has 4 nitrogen and oxygen atoms in total. The lowest BCUT2D eigenvalue weighted by molar-refractivity contribution is -0.134. The summed E-state index contributed by atoms with van der Waals surface area (Å²) in [5, 5.41) is 0. The zero-order chi connectivity index (χ0) is 14.9. The van der Waals surface area contributed by atoms with E-state index in [1.165, 1.54) is 6.07 Å². The Hall–Kier alpha value is -2.62. The van der Waals surface area contributed by atoms with E-state index in [1.54, 1.807) is 18.2 Å². The molecule has 0 aliphatic heterocycles. The summed E-state index contributed by atoms with van der Waals surface area (Å²) >= 11 is 0. The maximum absolute atomic E-state index is 11.7. The lowest BCUT2D eigenvalue weighted by atomic mass is 10.2. The predicted octanol–water partition coefficient (Wildman–Crippen LogP) is 3.26. The Morgan fingerprint density at radius 2 is 1.76 bits per heavy atom. The molecule has 21 heavy (non-hydrogen) atoms. The van der Waals surface area contributed by atoms with E-state index in [1.807, 2.05) is 30.3 Å². The van der Waals surface area contributed by atoms with Gasteiger partial charge in [-0.2, -0.15) is 0 Å². The van der Waals surface area contributed by atoms with Crippen molar-refractivity contribution in [1.82, 2.24) is 0 Å². The number of ether oxygens (including phenoxy) is 2. The molecule has 0 spiro atoms. The molecule has 0 bridgehead atoms. The van der Waals surface area contributed by atoms with E-state index in [-0.39, 0.29) is 12.4 Å². The van der Waals surface area contributed by atoms with Crippen molar-refractivity contribution in [2.75, 3.05) is 6.61 Å². The summed E-state index contributed by atoms with van der Waals surface area (Å²) in [5.41, 5.74) is 0.479. The van der Waals surface area contributed by atoms with Crippen LogP contribution in [0.4, 0.5) is 0 Å². The van der Waals surface area contributed by atoms with Crippen LogP contribution in [0.2, 0.25) is 0 Å². The lowest BCUT2D eigenvalue weighted by Gasteiger charge is -2.06. The zero-order valence-electron chi connectivity index (χ0n) is 11.5. The topological polar surface area (TPSA) is 52.6 Å². The van der Waals surface area contributed by atoms with E-state index in [0.29, 0.717) is 30.6 Å². The highest BCUT2D eigenvalue weighted by molar-refractivity contribution is 5.77. The standard InChI is InChI=1S/C17H16O4/c18-13-14-6-4-9-16(12-14)21-17(19)10-5-11-20-15-7-2-1-3-8-15/h1-4,6-9,12-13H,5,10-11H2. The van der Waals surface area contributed by atoms with Crippen molar-refractivity contribution < 1.29 is 19.1 Å². The van der Waals surface area contributed by atoms with Crippen LogP contribution >= 0.6 is 0 Å². The van der Waals surface area contributed by atoms with Crippen LogP contribution in [0.25, 0.3) is 0 Å². The van der Waals surface area contributed by atoms with Gasteiger partial charge in [-0.05, 0) is 30.7 Å². The number of hydrogen-bond donors (Lipinski definition) is 0. The van der Waals surface area contributed by atoms with Gasteiger partial charge in [-0.15, -0.1) is 0 Å². The van der Waals surface area contributed by atoms with Gasteiger partial charge in [-0.3, -0.25) is 9.59 Å². The first kappa shape index (κ1) is 14.8. The Balaban J connectivity index is 1.71. The summed E-state index contributed by atoms with van der Waals surface area (Å²) in [6, 6.07) is 15.9. The number of benzene rings is 2. The molecule has 2 aromatic carbocycles. The van der Waals surface area contributed by atoms with Crippen LogP contribution in [0.3, 0.4) is 0 Å². The molecule has 2 aromatic rings. The number of para-hydroxylation sites is 1. The van der Waals surface area contributed by atoms with Crippen LogP contribution in [0.1, 0.15) is 23.2 Å². The van der Waals surface area contributed by atoms with E-state index in [2.05, 4.69) is 0 Å². The normalized spacial score (nSPS) is 9.90. The number of carbonyl (C=O) groups excluding carboxylic acids is 2. The Morgan fingerprint density at radius 3 is 2.52 bits per heavy atom. The van der Waals surface area contributed by atoms with Crippen LogP contribution in [0.5, 0.6) is 11.5 Å². The maximum Gasteiger partial charge on any atom is 0.311 e. The van der Waals surface area contributed by atoms with Crippen molar-refractivity contribution in [3.8, 4) is 11.5 Å². The average molecular weight is 284 g/mol. The summed E-state index contributed by atoms with van der Waals surface area (Å²) in [4.78, 5) is 22.3. The summed E-state index contributed by atoms with van der Waals surface area (Å²) in [6.07, 6.45) is 1.55. The van der Waals surface area contributed by atoms with Crippen molar-refractivity contribution in [2.24, 2.45) is 0 Å². The Labute approximate surface area is 123 Å². The minimum Gasteiger partial charge on any atom is -0.494 e. The average Bonchev–Trinajstić information content (AvgIpc) is 2.53. The van der Waals surface area contributed by atoms with Crippen LogP contribution in [0.15, 0.2) is 54.6 Å². The quantitative estimate of drug-likeness (QED) is 0.339. The number of hydrogen-bond acceptors (Lipinski definition) is 4. The van der Waals surface area contributed by atoms with Crippen molar-refractivity contribution in [3.63, 3.8) is 0 Å². The second-order valence-electron chi connectivity index (χ2n) is 4.43. The molecule has 2 rings (SSSR count). The molecule has 4 heteroatoms. The molecule has 0 saturated carbocycles. The Morgan fingerprint density at radius 1 is 1.00 bits per heavy atom. The van der Waals surface area contributed by atoms with Gasteiger partial charge >= 0.3 is 5.97 Å². The monoisotopic (exact) mass is 284 g/mol. The van der Waals surface area contributed by atoms with Crippen LogP contribution in [0, 0.1) is 0 Å². The molecule has 108 valence electrons. The van der Waals surface area contributed by atoms with Crippen molar-refractivity contribution in [2.45, 2.75) is 12.8 Å². The molecule has 0 fully saturated rings. The van der Waals surface area contributed by atoms with Crippen molar-refractivity contribution >= 4 is 12.3 Å². The highest BCUT2D eigenvalue weighted by atomic mass is 16.5. The first-order valence-electron chi connectivity index (χ1n) is 6.72. The van der Waals surface area contributed by atoms with E-state index >= 15 is 0 Å². The zero-order valence-corrected chi connectivity index (χ0v) is 11.5. The van der Waals surface area contributed by atoms with E-state index in [4.69, 9.17) is 9.47 Å². The van der Waals surface area contributed by atoms with Gasteiger partial charge in [0.15, 0.2) is 0 Å². The third-order valence-electron chi connectivity index (χ3n) is 2.76. The summed E-state index contributed by atoms with van der Waals surface area (Å²) in [7, 11) is 0. The van der Waals surface area contributed by atoms with Crippen LogP contribution in [-0.2, 0) is 4.79 Å². The van der Waals surface area contributed by atoms with Gasteiger partial charge < -0.3 is 9.47 Å². The number of rotatable bonds is 7. The largest absolute Gasteiger partial charge is 0.494 e. The van der Waals surface area contributed by atoms with Gasteiger partial charge in [-0.1, -0.05) is 30.3 Å².